The van der Waals surface area contributed by atoms with Crippen LogP contribution in [0.3, 0.4) is 0 Å². The predicted octanol–water partition coefficient (Wildman–Crippen LogP) is 2.43. The summed E-state index contributed by atoms with van der Waals surface area (Å²) in [5.74, 6) is 0. The molecule has 0 aliphatic rings. The molecule has 0 fully saturated rings. The molecule has 0 spiro atoms. The monoisotopic (exact) mass is 272 g/mol. The number of hydrogen-bond donors (Lipinski definition) is 1. The second-order valence-electron chi connectivity index (χ2n) is 4.49. The molecular formula is C14H16N4S. The maximum absolute atomic E-state index is 4.54. The van der Waals surface area contributed by atoms with Crippen LogP contribution in [-0.2, 0) is 13.0 Å². The quantitative estimate of drug-likeness (QED) is 0.725. The molecule has 3 rings (SSSR count). The Bertz CT molecular complexity index is 656. The molecule has 0 aliphatic carbocycles. The topological polar surface area (TPSA) is 42.2 Å². The zero-order chi connectivity index (χ0) is 13.1. The lowest BCUT2D eigenvalue weighted by atomic mass is 10.2. The SMILES string of the molecule is Cc1nc2sccn2c1CNCCc1cccnc1. The first-order valence-electron chi connectivity index (χ1n) is 6.35. The number of thiazole rings is 1. The van der Waals surface area contributed by atoms with Crippen molar-refractivity contribution in [2.24, 2.45) is 0 Å². The molecule has 0 unspecified atom stereocenters. The number of imidazole rings is 1. The smallest absolute Gasteiger partial charge is 0.194 e. The van der Waals surface area contributed by atoms with E-state index < -0.39 is 0 Å². The van der Waals surface area contributed by atoms with Gasteiger partial charge in [-0.25, -0.2) is 4.98 Å². The summed E-state index contributed by atoms with van der Waals surface area (Å²) in [5, 5.41) is 5.55. The fraction of sp³-hybridized carbons (Fsp3) is 0.286. The van der Waals surface area contributed by atoms with Gasteiger partial charge in [-0.05, 0) is 31.5 Å². The van der Waals surface area contributed by atoms with E-state index in [-0.39, 0.29) is 0 Å². The number of aryl methyl sites for hydroxylation is 1. The summed E-state index contributed by atoms with van der Waals surface area (Å²) in [6.07, 6.45) is 6.80. The van der Waals surface area contributed by atoms with Crippen molar-refractivity contribution in [2.75, 3.05) is 6.54 Å². The van der Waals surface area contributed by atoms with Gasteiger partial charge >= 0.3 is 0 Å². The molecule has 0 amide bonds. The van der Waals surface area contributed by atoms with Gasteiger partial charge in [-0.3, -0.25) is 9.38 Å². The van der Waals surface area contributed by atoms with E-state index in [9.17, 15) is 0 Å². The average Bonchev–Trinajstić information content (AvgIpc) is 2.98. The van der Waals surface area contributed by atoms with Crippen LogP contribution in [0.2, 0.25) is 0 Å². The van der Waals surface area contributed by atoms with Crippen LogP contribution in [0.15, 0.2) is 36.1 Å². The number of pyridine rings is 1. The Balaban J connectivity index is 1.58. The summed E-state index contributed by atoms with van der Waals surface area (Å²) in [7, 11) is 0. The maximum atomic E-state index is 4.54. The second-order valence-corrected chi connectivity index (χ2v) is 5.36. The molecular weight excluding hydrogens is 256 g/mol. The van der Waals surface area contributed by atoms with Gasteiger partial charge in [0.1, 0.15) is 0 Å². The molecule has 0 aromatic carbocycles. The van der Waals surface area contributed by atoms with Crippen molar-refractivity contribution in [2.45, 2.75) is 19.9 Å². The second kappa shape index (κ2) is 5.50. The third-order valence-corrected chi connectivity index (χ3v) is 3.92. The number of rotatable bonds is 5. The van der Waals surface area contributed by atoms with Crippen molar-refractivity contribution in [3.05, 3.63) is 53.1 Å². The fourth-order valence-electron chi connectivity index (χ4n) is 2.14. The van der Waals surface area contributed by atoms with Crippen LogP contribution in [0.5, 0.6) is 0 Å². The number of nitrogens with one attached hydrogen (secondary N) is 1. The van der Waals surface area contributed by atoms with Gasteiger partial charge in [0, 0.05) is 30.5 Å². The van der Waals surface area contributed by atoms with Crippen LogP contribution in [0.25, 0.3) is 4.96 Å². The Kier molecular flexibility index (Phi) is 3.57. The van der Waals surface area contributed by atoms with Crippen molar-refractivity contribution in [3.63, 3.8) is 0 Å². The van der Waals surface area contributed by atoms with Crippen LogP contribution in [-0.4, -0.2) is 20.9 Å². The number of aromatic nitrogens is 3. The zero-order valence-electron chi connectivity index (χ0n) is 10.8. The highest BCUT2D eigenvalue weighted by Gasteiger charge is 2.08. The summed E-state index contributed by atoms with van der Waals surface area (Å²) in [4.78, 5) is 9.73. The molecule has 0 radical (unpaired) electrons. The van der Waals surface area contributed by atoms with Gasteiger partial charge < -0.3 is 5.32 Å². The van der Waals surface area contributed by atoms with E-state index in [1.807, 2.05) is 12.3 Å². The standard InChI is InChI=1S/C14H16N4S/c1-11-13(18-7-8-19-14(18)17-11)10-16-6-4-12-3-2-5-15-9-12/h2-3,5,7-9,16H,4,6,10H2,1H3. The van der Waals surface area contributed by atoms with Gasteiger partial charge in [0.05, 0.1) is 11.4 Å². The molecule has 98 valence electrons. The first-order chi connectivity index (χ1) is 9.34. The van der Waals surface area contributed by atoms with Crippen LogP contribution in [0.1, 0.15) is 17.0 Å². The number of nitrogens with zero attached hydrogens (tertiary/aromatic N) is 3. The van der Waals surface area contributed by atoms with E-state index in [4.69, 9.17) is 0 Å². The van der Waals surface area contributed by atoms with E-state index in [0.717, 1.165) is 30.2 Å². The van der Waals surface area contributed by atoms with Crippen molar-refractivity contribution >= 4 is 16.3 Å². The Morgan fingerprint density at radius 3 is 3.21 bits per heavy atom. The highest BCUT2D eigenvalue weighted by molar-refractivity contribution is 7.15. The lowest BCUT2D eigenvalue weighted by Crippen LogP contribution is -2.18. The minimum Gasteiger partial charge on any atom is -0.311 e. The average molecular weight is 272 g/mol. The van der Waals surface area contributed by atoms with E-state index in [2.05, 4.69) is 44.3 Å². The Labute approximate surface area is 116 Å². The number of fused-ring (bicyclic) bond motifs is 1. The highest BCUT2D eigenvalue weighted by atomic mass is 32.1. The first-order valence-corrected chi connectivity index (χ1v) is 7.23. The molecule has 3 aromatic heterocycles. The normalized spacial score (nSPS) is 11.2. The molecule has 0 bridgehead atoms. The molecule has 3 aromatic rings. The molecule has 4 nitrogen and oxygen atoms in total. The summed E-state index contributed by atoms with van der Waals surface area (Å²) >= 11 is 1.67. The van der Waals surface area contributed by atoms with Crippen molar-refractivity contribution in [1.29, 1.82) is 0 Å². The Hall–Kier alpha value is -1.72. The molecule has 0 atom stereocenters. The van der Waals surface area contributed by atoms with E-state index in [1.54, 1.807) is 17.5 Å². The van der Waals surface area contributed by atoms with Gasteiger partial charge in [-0.1, -0.05) is 6.07 Å². The lowest BCUT2D eigenvalue weighted by molar-refractivity contribution is 0.668. The summed E-state index contributed by atoms with van der Waals surface area (Å²) in [6.45, 7) is 3.87. The fourth-order valence-corrected chi connectivity index (χ4v) is 2.92. The van der Waals surface area contributed by atoms with Gasteiger partial charge in [0.25, 0.3) is 0 Å². The van der Waals surface area contributed by atoms with Gasteiger partial charge in [-0.15, -0.1) is 11.3 Å². The van der Waals surface area contributed by atoms with E-state index >= 15 is 0 Å². The summed E-state index contributed by atoms with van der Waals surface area (Å²) < 4.78 is 2.16. The Morgan fingerprint density at radius 1 is 1.42 bits per heavy atom. The van der Waals surface area contributed by atoms with E-state index in [1.165, 1.54) is 11.3 Å². The van der Waals surface area contributed by atoms with Crippen molar-refractivity contribution < 1.29 is 0 Å². The van der Waals surface area contributed by atoms with Crippen LogP contribution < -0.4 is 5.32 Å². The summed E-state index contributed by atoms with van der Waals surface area (Å²) in [5.41, 5.74) is 3.63. The molecule has 0 saturated carbocycles. The minimum absolute atomic E-state index is 0.851. The zero-order valence-corrected chi connectivity index (χ0v) is 11.7. The highest BCUT2D eigenvalue weighted by Crippen LogP contribution is 2.16. The summed E-state index contributed by atoms with van der Waals surface area (Å²) in [6, 6.07) is 4.08. The molecule has 0 saturated heterocycles. The van der Waals surface area contributed by atoms with Crippen LogP contribution >= 0.6 is 11.3 Å². The maximum Gasteiger partial charge on any atom is 0.194 e. The lowest BCUT2D eigenvalue weighted by Gasteiger charge is -2.05. The first kappa shape index (κ1) is 12.3. The van der Waals surface area contributed by atoms with E-state index in [0.29, 0.717) is 0 Å². The third kappa shape index (κ3) is 2.67. The molecule has 3 heterocycles. The minimum atomic E-state index is 0.851. The largest absolute Gasteiger partial charge is 0.311 e. The third-order valence-electron chi connectivity index (χ3n) is 3.17. The molecule has 0 aliphatic heterocycles. The van der Waals surface area contributed by atoms with Crippen LogP contribution in [0, 0.1) is 6.92 Å². The van der Waals surface area contributed by atoms with Crippen molar-refractivity contribution in [3.8, 4) is 0 Å². The predicted molar refractivity (Wildman–Crippen MR) is 77.5 cm³/mol. The Morgan fingerprint density at radius 2 is 2.37 bits per heavy atom. The van der Waals surface area contributed by atoms with Gasteiger partial charge in [-0.2, -0.15) is 0 Å². The van der Waals surface area contributed by atoms with Gasteiger partial charge in [0.15, 0.2) is 4.96 Å². The number of hydrogen-bond acceptors (Lipinski definition) is 4. The van der Waals surface area contributed by atoms with Gasteiger partial charge in [0.2, 0.25) is 0 Å². The molecule has 1 N–H and O–H groups in total. The van der Waals surface area contributed by atoms with Crippen LogP contribution in [0.4, 0.5) is 0 Å². The molecule has 19 heavy (non-hydrogen) atoms. The molecule has 5 heteroatoms. The van der Waals surface area contributed by atoms with Crippen molar-refractivity contribution in [1.82, 2.24) is 19.7 Å².